The average Bonchev–Trinajstić information content (AvgIpc) is 2.18. The molecule has 0 bridgehead atoms. The van der Waals surface area contributed by atoms with E-state index in [1.165, 1.54) is 7.11 Å². The van der Waals surface area contributed by atoms with Gasteiger partial charge in [0, 0.05) is 26.8 Å². The summed E-state index contributed by atoms with van der Waals surface area (Å²) in [7, 11) is 1.52. The van der Waals surface area contributed by atoms with E-state index in [9.17, 15) is 4.79 Å². The summed E-state index contributed by atoms with van der Waals surface area (Å²) in [5.41, 5.74) is 0. The van der Waals surface area contributed by atoms with E-state index in [0.717, 1.165) is 19.4 Å². The van der Waals surface area contributed by atoms with Gasteiger partial charge >= 0.3 is 0 Å². The third-order valence-electron chi connectivity index (χ3n) is 2.40. The smallest absolute Gasteiger partial charge is 0.248 e. The van der Waals surface area contributed by atoms with Crippen LogP contribution in [0.4, 0.5) is 0 Å². The van der Waals surface area contributed by atoms with E-state index >= 15 is 0 Å². The maximum Gasteiger partial charge on any atom is 0.248 e. The lowest BCUT2D eigenvalue weighted by Crippen LogP contribution is -2.42. The summed E-state index contributed by atoms with van der Waals surface area (Å²) in [5.74, 6) is 0.287. The summed E-state index contributed by atoms with van der Waals surface area (Å²) in [5, 5.41) is 8.95. The Hall–Kier alpha value is -0.610. The summed E-state index contributed by atoms with van der Waals surface area (Å²) in [6.07, 6.45) is 2.01. The Morgan fingerprint density at radius 2 is 2.46 bits per heavy atom. The fourth-order valence-electron chi connectivity index (χ4n) is 1.66. The Balaban J connectivity index is 2.37. The molecule has 0 aromatic rings. The standard InChI is InChI=1S/C9H17NO3/c1-13-7-9(12)10-4-2-3-8(5-10)6-11/h8,11H,2-7H2,1H3. The number of carbonyl (C=O) groups excluding carboxylic acids is 1. The Morgan fingerprint density at radius 1 is 1.69 bits per heavy atom. The molecule has 13 heavy (non-hydrogen) atoms. The fraction of sp³-hybridized carbons (Fsp3) is 0.889. The molecule has 4 nitrogen and oxygen atoms in total. The molecule has 1 fully saturated rings. The quantitative estimate of drug-likeness (QED) is 0.669. The van der Waals surface area contributed by atoms with Crippen LogP contribution in [-0.4, -0.2) is 49.3 Å². The van der Waals surface area contributed by atoms with E-state index < -0.39 is 0 Å². The lowest BCUT2D eigenvalue weighted by Gasteiger charge is -2.31. The number of methoxy groups -OCH3 is 1. The van der Waals surface area contributed by atoms with Crippen molar-refractivity contribution in [3.05, 3.63) is 0 Å². The van der Waals surface area contributed by atoms with Crippen LogP contribution in [0.2, 0.25) is 0 Å². The van der Waals surface area contributed by atoms with Crippen molar-refractivity contribution >= 4 is 5.91 Å². The van der Waals surface area contributed by atoms with Gasteiger partial charge < -0.3 is 14.7 Å². The highest BCUT2D eigenvalue weighted by atomic mass is 16.5. The van der Waals surface area contributed by atoms with Gasteiger partial charge in [-0.05, 0) is 18.8 Å². The van der Waals surface area contributed by atoms with Gasteiger partial charge in [0.2, 0.25) is 5.91 Å². The van der Waals surface area contributed by atoms with E-state index in [4.69, 9.17) is 9.84 Å². The first-order chi connectivity index (χ1) is 6.27. The molecule has 1 unspecified atom stereocenters. The Kier molecular flexibility index (Phi) is 4.18. The molecule has 1 saturated heterocycles. The number of hydrogen-bond acceptors (Lipinski definition) is 3. The molecule has 1 N–H and O–H groups in total. The molecule has 1 amide bonds. The second-order valence-electron chi connectivity index (χ2n) is 3.46. The first kappa shape index (κ1) is 10.5. The van der Waals surface area contributed by atoms with Crippen molar-refractivity contribution in [1.29, 1.82) is 0 Å². The lowest BCUT2D eigenvalue weighted by molar-refractivity contribution is -0.137. The zero-order valence-corrected chi connectivity index (χ0v) is 8.03. The SMILES string of the molecule is COCC(=O)N1CCCC(CO)C1. The molecular formula is C9H17NO3. The number of carbonyl (C=O) groups is 1. The van der Waals surface area contributed by atoms with Gasteiger partial charge in [-0.2, -0.15) is 0 Å². The number of piperidine rings is 1. The van der Waals surface area contributed by atoms with Crippen molar-refractivity contribution in [2.45, 2.75) is 12.8 Å². The van der Waals surface area contributed by atoms with Gasteiger partial charge in [-0.25, -0.2) is 0 Å². The molecule has 1 aliphatic rings. The van der Waals surface area contributed by atoms with Gasteiger partial charge in [0.05, 0.1) is 0 Å². The Bertz CT molecular complexity index is 172. The third kappa shape index (κ3) is 2.97. The van der Waals surface area contributed by atoms with Crippen molar-refractivity contribution < 1.29 is 14.6 Å². The van der Waals surface area contributed by atoms with Crippen LogP contribution in [0.3, 0.4) is 0 Å². The molecule has 1 heterocycles. The molecule has 0 spiro atoms. The van der Waals surface area contributed by atoms with Gasteiger partial charge in [0.25, 0.3) is 0 Å². The van der Waals surface area contributed by atoms with Gasteiger partial charge in [0.15, 0.2) is 0 Å². The van der Waals surface area contributed by atoms with E-state index in [0.29, 0.717) is 6.54 Å². The number of ether oxygens (including phenoxy) is 1. The number of aliphatic hydroxyl groups is 1. The topological polar surface area (TPSA) is 49.8 Å². The number of aliphatic hydroxyl groups excluding tert-OH is 1. The first-order valence-corrected chi connectivity index (χ1v) is 4.65. The summed E-state index contributed by atoms with van der Waals surface area (Å²) >= 11 is 0. The molecule has 4 heteroatoms. The minimum Gasteiger partial charge on any atom is -0.396 e. The predicted octanol–water partition coefficient (Wildman–Crippen LogP) is -0.136. The molecule has 0 aromatic heterocycles. The van der Waals surface area contributed by atoms with E-state index in [1.807, 2.05) is 0 Å². The van der Waals surface area contributed by atoms with Crippen LogP contribution in [0.15, 0.2) is 0 Å². The molecule has 0 aromatic carbocycles. The van der Waals surface area contributed by atoms with Crippen LogP contribution >= 0.6 is 0 Å². The molecular weight excluding hydrogens is 170 g/mol. The Labute approximate surface area is 78.5 Å². The average molecular weight is 187 g/mol. The summed E-state index contributed by atoms with van der Waals surface area (Å²) in [6, 6.07) is 0. The minimum absolute atomic E-state index is 0.0284. The molecule has 1 aliphatic heterocycles. The van der Waals surface area contributed by atoms with Crippen LogP contribution in [0.25, 0.3) is 0 Å². The predicted molar refractivity (Wildman–Crippen MR) is 48.3 cm³/mol. The zero-order valence-electron chi connectivity index (χ0n) is 8.03. The van der Waals surface area contributed by atoms with Gasteiger partial charge in [0.1, 0.15) is 6.61 Å². The van der Waals surface area contributed by atoms with Crippen molar-refractivity contribution in [3.63, 3.8) is 0 Å². The highest BCUT2D eigenvalue weighted by molar-refractivity contribution is 5.77. The van der Waals surface area contributed by atoms with Gasteiger partial charge in [-0.1, -0.05) is 0 Å². The van der Waals surface area contributed by atoms with Gasteiger partial charge in [-0.15, -0.1) is 0 Å². The summed E-state index contributed by atoms with van der Waals surface area (Å²) in [4.78, 5) is 13.2. The number of hydrogen-bond donors (Lipinski definition) is 1. The lowest BCUT2D eigenvalue weighted by atomic mass is 9.99. The van der Waals surface area contributed by atoms with Crippen LogP contribution in [-0.2, 0) is 9.53 Å². The summed E-state index contributed by atoms with van der Waals surface area (Å²) in [6.45, 7) is 1.81. The van der Waals surface area contributed by atoms with Crippen molar-refractivity contribution in [3.8, 4) is 0 Å². The third-order valence-corrected chi connectivity index (χ3v) is 2.40. The van der Waals surface area contributed by atoms with Crippen LogP contribution in [0, 0.1) is 5.92 Å². The fourth-order valence-corrected chi connectivity index (χ4v) is 1.66. The molecule has 0 aliphatic carbocycles. The minimum atomic E-state index is 0.0284. The van der Waals surface area contributed by atoms with Crippen LogP contribution in [0.5, 0.6) is 0 Å². The Morgan fingerprint density at radius 3 is 3.08 bits per heavy atom. The molecule has 0 saturated carbocycles. The maximum atomic E-state index is 11.4. The van der Waals surface area contributed by atoms with E-state index in [2.05, 4.69) is 0 Å². The number of likely N-dealkylation sites (tertiary alicyclic amines) is 1. The maximum absolute atomic E-state index is 11.4. The summed E-state index contributed by atoms with van der Waals surface area (Å²) < 4.78 is 4.77. The second-order valence-corrected chi connectivity index (χ2v) is 3.46. The monoisotopic (exact) mass is 187 g/mol. The van der Waals surface area contributed by atoms with Crippen LogP contribution < -0.4 is 0 Å². The zero-order chi connectivity index (χ0) is 9.68. The van der Waals surface area contributed by atoms with E-state index in [-0.39, 0.29) is 25.0 Å². The number of nitrogens with zero attached hydrogens (tertiary/aromatic N) is 1. The van der Waals surface area contributed by atoms with Crippen molar-refractivity contribution in [2.24, 2.45) is 5.92 Å². The molecule has 1 atom stereocenters. The van der Waals surface area contributed by atoms with Gasteiger partial charge in [-0.3, -0.25) is 4.79 Å². The number of amides is 1. The molecule has 0 radical (unpaired) electrons. The highest BCUT2D eigenvalue weighted by Crippen LogP contribution is 2.15. The van der Waals surface area contributed by atoms with Crippen LogP contribution in [0.1, 0.15) is 12.8 Å². The van der Waals surface area contributed by atoms with E-state index in [1.54, 1.807) is 4.90 Å². The number of rotatable bonds is 3. The second kappa shape index (κ2) is 5.19. The van der Waals surface area contributed by atoms with Crippen molar-refractivity contribution in [2.75, 3.05) is 33.4 Å². The normalized spacial score (nSPS) is 23.2. The largest absolute Gasteiger partial charge is 0.396 e. The molecule has 1 rings (SSSR count). The molecule has 76 valence electrons. The van der Waals surface area contributed by atoms with Crippen molar-refractivity contribution in [1.82, 2.24) is 4.90 Å². The first-order valence-electron chi connectivity index (χ1n) is 4.65. The highest BCUT2D eigenvalue weighted by Gasteiger charge is 2.22.